The molecule has 0 saturated heterocycles. The van der Waals surface area contributed by atoms with Gasteiger partial charge in [-0.2, -0.15) is 0 Å². The number of hydrogen-bond acceptors (Lipinski definition) is 2. The molecule has 0 aromatic heterocycles. The number of rotatable bonds is 6. The molecule has 0 spiro atoms. The number of anilines is 6. The van der Waals surface area contributed by atoms with Crippen molar-refractivity contribution >= 4 is 66.4 Å². The van der Waals surface area contributed by atoms with Crippen LogP contribution in [-0.2, 0) is 5.41 Å². The topological polar surface area (TPSA) is 6.48 Å². The van der Waals surface area contributed by atoms with Gasteiger partial charge in [0.1, 0.15) is 0 Å². The Morgan fingerprint density at radius 2 is 0.966 bits per heavy atom. The average molecular weight is 755 g/mol. The maximum absolute atomic E-state index is 2.56. The number of para-hydroxylation sites is 1. The first kappa shape index (κ1) is 34.8. The highest BCUT2D eigenvalue weighted by Crippen LogP contribution is 2.58. The van der Waals surface area contributed by atoms with E-state index in [9.17, 15) is 0 Å². The van der Waals surface area contributed by atoms with E-state index >= 15 is 0 Å². The normalized spacial score (nSPS) is 13.0. The van der Waals surface area contributed by atoms with Crippen molar-refractivity contribution in [3.05, 3.63) is 230 Å². The molecule has 59 heavy (non-hydrogen) atoms. The van der Waals surface area contributed by atoms with E-state index in [1.54, 1.807) is 0 Å². The number of benzene rings is 10. The van der Waals surface area contributed by atoms with Crippen LogP contribution in [0.25, 0.3) is 54.6 Å². The lowest BCUT2D eigenvalue weighted by atomic mass is 9.70. The van der Waals surface area contributed by atoms with E-state index in [1.807, 2.05) is 0 Å². The fourth-order valence-corrected chi connectivity index (χ4v) is 9.66. The Kier molecular flexibility index (Phi) is 8.20. The van der Waals surface area contributed by atoms with E-state index in [4.69, 9.17) is 0 Å². The molecule has 280 valence electrons. The summed E-state index contributed by atoms with van der Waals surface area (Å²) in [6.45, 7) is 4.78. The van der Waals surface area contributed by atoms with Gasteiger partial charge in [0.25, 0.3) is 0 Å². The lowest BCUT2D eigenvalue weighted by molar-refractivity contribution is 0.634. The number of hydrogen-bond donors (Lipinski definition) is 0. The summed E-state index contributed by atoms with van der Waals surface area (Å²) in [5, 5.41) is 7.27. The quantitative estimate of drug-likeness (QED) is 0.156. The largest absolute Gasteiger partial charge is 0.308 e. The molecule has 0 radical (unpaired) electrons. The van der Waals surface area contributed by atoms with Crippen molar-refractivity contribution in [2.24, 2.45) is 0 Å². The maximum Gasteiger partial charge on any atom is 0.0781 e. The van der Waals surface area contributed by atoms with Crippen LogP contribution in [0.1, 0.15) is 25.0 Å². The second-order valence-corrected chi connectivity index (χ2v) is 16.1. The van der Waals surface area contributed by atoms with E-state index < -0.39 is 0 Å². The van der Waals surface area contributed by atoms with E-state index in [2.05, 4.69) is 242 Å². The zero-order valence-electron chi connectivity index (χ0n) is 33.2. The van der Waals surface area contributed by atoms with Crippen molar-refractivity contribution in [3.8, 4) is 22.3 Å². The minimum atomic E-state index is -0.277. The van der Waals surface area contributed by atoms with Crippen LogP contribution in [0.2, 0.25) is 0 Å². The van der Waals surface area contributed by atoms with Crippen molar-refractivity contribution in [2.75, 3.05) is 9.80 Å². The summed E-state index contributed by atoms with van der Waals surface area (Å²) in [5.41, 5.74) is 14.0. The SMILES string of the molecule is CC1(C)c2ccccc2N(c2c(N(c3ccc(-c4ccccc4)cc3)c3cc4ccccc4c4ccccc34)ccc3ccccc23)c2cccc(-c3ccccc3)c21. The molecule has 0 N–H and O–H groups in total. The van der Waals surface area contributed by atoms with Crippen LogP contribution in [0, 0.1) is 0 Å². The van der Waals surface area contributed by atoms with E-state index in [1.165, 1.54) is 77.1 Å². The molecule has 11 rings (SSSR count). The first-order chi connectivity index (χ1) is 29.1. The first-order valence-electron chi connectivity index (χ1n) is 20.5. The summed E-state index contributed by atoms with van der Waals surface area (Å²) < 4.78 is 0. The fourth-order valence-electron chi connectivity index (χ4n) is 9.66. The Hall–Kier alpha value is -7.42. The van der Waals surface area contributed by atoms with Gasteiger partial charge in [0, 0.05) is 21.9 Å². The Bertz CT molecular complexity index is 3180. The third-order valence-corrected chi connectivity index (χ3v) is 12.4. The molecule has 0 unspecified atom stereocenters. The van der Waals surface area contributed by atoms with Crippen LogP contribution >= 0.6 is 0 Å². The first-order valence-corrected chi connectivity index (χ1v) is 20.5. The second kappa shape index (κ2) is 13.9. The lowest BCUT2D eigenvalue weighted by Gasteiger charge is -2.44. The van der Waals surface area contributed by atoms with Gasteiger partial charge in [-0.15, -0.1) is 0 Å². The molecule has 2 nitrogen and oxygen atoms in total. The zero-order valence-corrected chi connectivity index (χ0v) is 33.2. The molecule has 0 aliphatic carbocycles. The minimum absolute atomic E-state index is 0.277. The fraction of sp³-hybridized carbons (Fsp3) is 0.0526. The van der Waals surface area contributed by atoms with Crippen molar-refractivity contribution in [1.82, 2.24) is 0 Å². The highest BCUT2D eigenvalue weighted by molar-refractivity contribution is 6.16. The molecular weight excluding hydrogens is 713 g/mol. The van der Waals surface area contributed by atoms with Gasteiger partial charge in [-0.1, -0.05) is 196 Å². The van der Waals surface area contributed by atoms with Crippen molar-refractivity contribution in [1.29, 1.82) is 0 Å². The van der Waals surface area contributed by atoms with E-state index in [0.717, 1.165) is 22.7 Å². The summed E-state index contributed by atoms with van der Waals surface area (Å²) in [6, 6.07) is 80.1. The van der Waals surface area contributed by atoms with Crippen LogP contribution < -0.4 is 9.80 Å². The third-order valence-electron chi connectivity index (χ3n) is 12.4. The minimum Gasteiger partial charge on any atom is -0.308 e. The monoisotopic (exact) mass is 754 g/mol. The van der Waals surface area contributed by atoms with Gasteiger partial charge in [-0.05, 0) is 91.3 Å². The smallest absolute Gasteiger partial charge is 0.0781 e. The predicted molar refractivity (Wildman–Crippen MR) is 251 cm³/mol. The van der Waals surface area contributed by atoms with Gasteiger partial charge in [-0.25, -0.2) is 0 Å². The molecule has 0 bridgehead atoms. The Morgan fingerprint density at radius 3 is 1.73 bits per heavy atom. The van der Waals surface area contributed by atoms with E-state index in [-0.39, 0.29) is 5.41 Å². The predicted octanol–water partition coefficient (Wildman–Crippen LogP) is 16.1. The van der Waals surface area contributed by atoms with Crippen LogP contribution in [0.5, 0.6) is 0 Å². The molecule has 0 saturated carbocycles. The molecule has 0 amide bonds. The molecule has 10 aromatic carbocycles. The summed E-state index contributed by atoms with van der Waals surface area (Å²) in [4.78, 5) is 5.07. The lowest BCUT2D eigenvalue weighted by Crippen LogP contribution is -2.32. The van der Waals surface area contributed by atoms with Gasteiger partial charge >= 0.3 is 0 Å². The molecule has 2 heteroatoms. The third kappa shape index (κ3) is 5.63. The van der Waals surface area contributed by atoms with Crippen molar-refractivity contribution < 1.29 is 0 Å². The van der Waals surface area contributed by atoms with Crippen LogP contribution in [-0.4, -0.2) is 0 Å². The highest BCUT2D eigenvalue weighted by Gasteiger charge is 2.40. The van der Waals surface area contributed by atoms with Crippen LogP contribution in [0.3, 0.4) is 0 Å². The van der Waals surface area contributed by atoms with Gasteiger partial charge in [0.2, 0.25) is 0 Å². The molecule has 0 atom stereocenters. The molecule has 1 heterocycles. The molecule has 1 aliphatic heterocycles. The standard InChI is InChI=1S/C57H42N2/c1-57(2)50-29-15-16-30-51(50)59(52-31-17-28-46(55(52)57)41-20-7-4-8-21-41)56-47-25-12-9-22-42(47)34-37-53(56)58(44-35-32-40(33-36-44)39-18-5-3-6-19-39)54-38-43-23-10-11-24-45(43)48-26-13-14-27-49(48)54/h3-38H,1-2H3. The van der Waals surface area contributed by atoms with Crippen LogP contribution in [0.15, 0.2) is 218 Å². The Morgan fingerprint density at radius 1 is 0.390 bits per heavy atom. The Balaban J connectivity index is 1.26. The van der Waals surface area contributed by atoms with Gasteiger partial charge in [0.15, 0.2) is 0 Å². The summed E-state index contributed by atoms with van der Waals surface area (Å²) in [6.07, 6.45) is 0. The van der Waals surface area contributed by atoms with Crippen molar-refractivity contribution in [2.45, 2.75) is 19.3 Å². The summed E-state index contributed by atoms with van der Waals surface area (Å²) in [5.74, 6) is 0. The van der Waals surface area contributed by atoms with Gasteiger partial charge in [-0.3, -0.25) is 0 Å². The molecule has 0 fully saturated rings. The van der Waals surface area contributed by atoms with Crippen LogP contribution in [0.4, 0.5) is 34.1 Å². The van der Waals surface area contributed by atoms with Gasteiger partial charge < -0.3 is 9.80 Å². The van der Waals surface area contributed by atoms with E-state index in [0.29, 0.717) is 0 Å². The summed E-state index contributed by atoms with van der Waals surface area (Å²) in [7, 11) is 0. The zero-order chi connectivity index (χ0) is 39.5. The number of nitrogens with zero attached hydrogens (tertiary/aromatic N) is 2. The average Bonchev–Trinajstić information content (AvgIpc) is 3.30. The maximum atomic E-state index is 2.56. The highest BCUT2D eigenvalue weighted by atomic mass is 15.2. The summed E-state index contributed by atoms with van der Waals surface area (Å²) >= 11 is 0. The number of fused-ring (bicyclic) bond motifs is 6. The van der Waals surface area contributed by atoms with Crippen molar-refractivity contribution in [3.63, 3.8) is 0 Å². The second-order valence-electron chi connectivity index (χ2n) is 16.1. The Labute approximate surface area is 345 Å². The van der Waals surface area contributed by atoms with Gasteiger partial charge in [0.05, 0.1) is 28.4 Å². The molecular formula is C57H42N2. The molecule has 1 aliphatic rings. The molecule has 10 aromatic rings.